The molecule has 0 aliphatic rings. The van der Waals surface area contributed by atoms with E-state index in [4.69, 9.17) is 0 Å². The Morgan fingerprint density at radius 3 is 2.59 bits per heavy atom. The van der Waals surface area contributed by atoms with Gasteiger partial charge >= 0.3 is 0 Å². The van der Waals surface area contributed by atoms with E-state index >= 15 is 0 Å². The summed E-state index contributed by atoms with van der Waals surface area (Å²) in [5.74, 6) is -1.09. The Balaban J connectivity index is 2.10. The first-order chi connectivity index (χ1) is 8.16. The average Bonchev–Trinajstić information content (AvgIpc) is 2.31. The summed E-state index contributed by atoms with van der Waals surface area (Å²) in [4.78, 5) is 1.06. The molecule has 0 heterocycles. The maximum absolute atomic E-state index is 13.4. The Morgan fingerprint density at radius 2 is 1.82 bits per heavy atom. The molecule has 0 nitrogen and oxygen atoms in total. The second-order valence-corrected chi connectivity index (χ2v) is 4.87. The average molecular weight is 250 g/mol. The molecule has 0 aromatic heterocycles. The highest BCUT2D eigenvalue weighted by Crippen LogP contribution is 2.25. The molecule has 0 aliphatic heterocycles. The Kier molecular flexibility index (Phi) is 3.79. The summed E-state index contributed by atoms with van der Waals surface area (Å²) >= 11 is 1.50. The Labute approximate surface area is 104 Å². The molecule has 0 N–H and O–H groups in total. The maximum Gasteiger partial charge on any atom is 0.162 e. The molecule has 0 bridgehead atoms. The summed E-state index contributed by atoms with van der Waals surface area (Å²) in [6, 6.07) is 12.2. The van der Waals surface area contributed by atoms with Crippen molar-refractivity contribution >= 4 is 11.8 Å². The SMILES string of the molecule is Cc1cccc(SCc2cccc(F)c2F)c1. The largest absolute Gasteiger partial charge is 0.204 e. The fourth-order valence-corrected chi connectivity index (χ4v) is 2.52. The summed E-state index contributed by atoms with van der Waals surface area (Å²) in [5.41, 5.74) is 1.56. The fraction of sp³-hybridized carbons (Fsp3) is 0.143. The van der Waals surface area contributed by atoms with Gasteiger partial charge in [-0.05, 0) is 25.1 Å². The van der Waals surface area contributed by atoms with Crippen LogP contribution in [0.15, 0.2) is 47.4 Å². The summed E-state index contributed by atoms with van der Waals surface area (Å²) in [7, 11) is 0. The van der Waals surface area contributed by atoms with Crippen LogP contribution in [-0.4, -0.2) is 0 Å². The van der Waals surface area contributed by atoms with Gasteiger partial charge in [-0.15, -0.1) is 11.8 Å². The van der Waals surface area contributed by atoms with Gasteiger partial charge in [0.25, 0.3) is 0 Å². The van der Waals surface area contributed by atoms with Crippen LogP contribution in [0.1, 0.15) is 11.1 Å². The van der Waals surface area contributed by atoms with Crippen molar-refractivity contribution in [1.82, 2.24) is 0 Å². The van der Waals surface area contributed by atoms with Crippen molar-refractivity contribution in [3.8, 4) is 0 Å². The van der Waals surface area contributed by atoms with Gasteiger partial charge in [0.1, 0.15) is 0 Å². The van der Waals surface area contributed by atoms with Crippen molar-refractivity contribution in [3.05, 3.63) is 65.2 Å². The third kappa shape index (κ3) is 3.07. The molecule has 88 valence electrons. The molecule has 17 heavy (non-hydrogen) atoms. The van der Waals surface area contributed by atoms with Gasteiger partial charge in [0.2, 0.25) is 0 Å². The van der Waals surface area contributed by atoms with E-state index in [1.807, 2.05) is 31.2 Å². The Hall–Kier alpha value is -1.35. The van der Waals surface area contributed by atoms with E-state index in [1.165, 1.54) is 17.8 Å². The molecule has 0 radical (unpaired) electrons. The zero-order valence-electron chi connectivity index (χ0n) is 9.41. The monoisotopic (exact) mass is 250 g/mol. The van der Waals surface area contributed by atoms with E-state index in [9.17, 15) is 8.78 Å². The second kappa shape index (κ2) is 5.32. The van der Waals surface area contributed by atoms with Gasteiger partial charge in [-0.3, -0.25) is 0 Å². The van der Waals surface area contributed by atoms with E-state index in [0.29, 0.717) is 11.3 Å². The lowest BCUT2D eigenvalue weighted by atomic mass is 10.2. The lowest BCUT2D eigenvalue weighted by molar-refractivity contribution is 0.502. The fourth-order valence-electron chi connectivity index (χ4n) is 1.53. The van der Waals surface area contributed by atoms with Gasteiger partial charge < -0.3 is 0 Å². The van der Waals surface area contributed by atoms with Crippen LogP contribution in [0.2, 0.25) is 0 Å². The van der Waals surface area contributed by atoms with Gasteiger partial charge in [-0.1, -0.05) is 29.8 Å². The lowest BCUT2D eigenvalue weighted by Crippen LogP contribution is -1.91. The molecule has 0 saturated carbocycles. The molecule has 0 aliphatic carbocycles. The topological polar surface area (TPSA) is 0 Å². The van der Waals surface area contributed by atoms with Gasteiger partial charge in [-0.2, -0.15) is 0 Å². The third-order valence-corrected chi connectivity index (χ3v) is 3.46. The summed E-state index contributed by atoms with van der Waals surface area (Å²) < 4.78 is 26.4. The summed E-state index contributed by atoms with van der Waals surface area (Å²) in [6.45, 7) is 2.01. The van der Waals surface area contributed by atoms with Crippen LogP contribution in [-0.2, 0) is 5.75 Å². The molecular weight excluding hydrogens is 238 g/mol. The third-order valence-electron chi connectivity index (χ3n) is 2.42. The molecule has 2 aromatic rings. The molecule has 3 heteroatoms. The molecule has 2 rings (SSSR count). The van der Waals surface area contributed by atoms with E-state index < -0.39 is 11.6 Å². The standard InChI is InChI=1S/C14H12F2S/c1-10-4-2-6-12(8-10)17-9-11-5-3-7-13(15)14(11)16/h2-8H,9H2,1H3. The predicted octanol–water partition coefficient (Wildman–Crippen LogP) is 4.57. The normalized spacial score (nSPS) is 10.5. The van der Waals surface area contributed by atoms with E-state index in [-0.39, 0.29) is 0 Å². The highest BCUT2D eigenvalue weighted by molar-refractivity contribution is 7.98. The van der Waals surface area contributed by atoms with Gasteiger partial charge in [-0.25, -0.2) is 8.78 Å². The first kappa shape index (κ1) is 12.1. The van der Waals surface area contributed by atoms with Crippen LogP contribution in [0.5, 0.6) is 0 Å². The van der Waals surface area contributed by atoms with E-state index in [0.717, 1.165) is 16.5 Å². The lowest BCUT2D eigenvalue weighted by Gasteiger charge is -2.04. The van der Waals surface area contributed by atoms with Gasteiger partial charge in [0.05, 0.1) is 0 Å². The number of halogens is 2. The predicted molar refractivity (Wildman–Crippen MR) is 67.1 cm³/mol. The number of hydrogen-bond acceptors (Lipinski definition) is 1. The second-order valence-electron chi connectivity index (χ2n) is 3.82. The maximum atomic E-state index is 13.4. The Morgan fingerprint density at radius 1 is 1.06 bits per heavy atom. The van der Waals surface area contributed by atoms with Crippen molar-refractivity contribution in [1.29, 1.82) is 0 Å². The molecular formula is C14H12F2S. The van der Waals surface area contributed by atoms with Crippen LogP contribution < -0.4 is 0 Å². The first-order valence-electron chi connectivity index (χ1n) is 5.29. The Bertz CT molecular complexity index is 523. The van der Waals surface area contributed by atoms with E-state index in [1.54, 1.807) is 6.07 Å². The molecule has 0 atom stereocenters. The van der Waals surface area contributed by atoms with Crippen molar-refractivity contribution in [2.45, 2.75) is 17.6 Å². The zero-order valence-corrected chi connectivity index (χ0v) is 10.2. The molecule has 0 amide bonds. The van der Waals surface area contributed by atoms with Crippen molar-refractivity contribution in [2.24, 2.45) is 0 Å². The molecule has 2 aromatic carbocycles. The van der Waals surface area contributed by atoms with Crippen molar-refractivity contribution in [3.63, 3.8) is 0 Å². The molecule has 0 fully saturated rings. The first-order valence-corrected chi connectivity index (χ1v) is 6.28. The molecule has 0 saturated heterocycles. The van der Waals surface area contributed by atoms with E-state index in [2.05, 4.69) is 0 Å². The minimum atomic E-state index is -0.785. The summed E-state index contributed by atoms with van der Waals surface area (Å²) in [5, 5.41) is 0. The summed E-state index contributed by atoms with van der Waals surface area (Å²) in [6.07, 6.45) is 0. The molecule has 0 unspecified atom stereocenters. The van der Waals surface area contributed by atoms with Crippen LogP contribution >= 0.6 is 11.8 Å². The number of hydrogen-bond donors (Lipinski definition) is 0. The van der Waals surface area contributed by atoms with Crippen LogP contribution in [0.25, 0.3) is 0 Å². The van der Waals surface area contributed by atoms with Crippen molar-refractivity contribution in [2.75, 3.05) is 0 Å². The number of benzene rings is 2. The number of thioether (sulfide) groups is 1. The van der Waals surface area contributed by atoms with Gasteiger partial charge in [0.15, 0.2) is 11.6 Å². The minimum Gasteiger partial charge on any atom is -0.204 e. The minimum absolute atomic E-state index is 0.400. The van der Waals surface area contributed by atoms with Crippen LogP contribution in [0.3, 0.4) is 0 Å². The van der Waals surface area contributed by atoms with Crippen LogP contribution in [0.4, 0.5) is 8.78 Å². The zero-order chi connectivity index (χ0) is 12.3. The van der Waals surface area contributed by atoms with Gasteiger partial charge in [0, 0.05) is 16.2 Å². The molecule has 0 spiro atoms. The number of aryl methyl sites for hydroxylation is 1. The van der Waals surface area contributed by atoms with Crippen molar-refractivity contribution < 1.29 is 8.78 Å². The number of rotatable bonds is 3. The van der Waals surface area contributed by atoms with Crippen LogP contribution in [0, 0.1) is 18.6 Å². The highest BCUT2D eigenvalue weighted by atomic mass is 32.2. The smallest absolute Gasteiger partial charge is 0.162 e. The quantitative estimate of drug-likeness (QED) is 0.719. The highest BCUT2D eigenvalue weighted by Gasteiger charge is 2.07.